The van der Waals surface area contributed by atoms with E-state index in [0.717, 1.165) is 0 Å². The number of ether oxygens (including phenoxy) is 1. The summed E-state index contributed by atoms with van der Waals surface area (Å²) in [6.07, 6.45) is 1.85. The Morgan fingerprint density at radius 1 is 1.45 bits per heavy atom. The Morgan fingerprint density at radius 2 is 2.18 bits per heavy atom. The molecule has 0 radical (unpaired) electrons. The summed E-state index contributed by atoms with van der Waals surface area (Å²) < 4.78 is 4.83. The van der Waals surface area contributed by atoms with E-state index < -0.39 is 0 Å². The molecule has 0 unspecified atom stereocenters. The molecule has 0 atom stereocenters. The van der Waals surface area contributed by atoms with Crippen LogP contribution in [0.15, 0.2) is 5.16 Å². The first-order chi connectivity index (χ1) is 5.27. The molecule has 0 aliphatic heterocycles. The maximum atomic E-state index is 5.58. The zero-order chi connectivity index (χ0) is 8.27. The summed E-state index contributed by atoms with van der Waals surface area (Å²) in [6.45, 7) is 0. The van der Waals surface area contributed by atoms with Crippen molar-refractivity contribution in [3.8, 4) is 5.88 Å². The molecule has 11 heavy (non-hydrogen) atoms. The minimum absolute atomic E-state index is 0.185. The van der Waals surface area contributed by atoms with Crippen LogP contribution in [0.3, 0.4) is 0 Å². The van der Waals surface area contributed by atoms with Crippen LogP contribution in [0, 0.1) is 0 Å². The van der Waals surface area contributed by atoms with Crippen LogP contribution >= 0.6 is 23.4 Å². The van der Waals surface area contributed by atoms with Gasteiger partial charge >= 0.3 is 0 Å². The van der Waals surface area contributed by atoms with Crippen molar-refractivity contribution in [2.24, 2.45) is 0 Å². The summed E-state index contributed by atoms with van der Waals surface area (Å²) in [7, 11) is 1.49. The largest absolute Gasteiger partial charge is 0.479 e. The second-order valence-electron chi connectivity index (χ2n) is 1.60. The van der Waals surface area contributed by atoms with Gasteiger partial charge in [0.1, 0.15) is 0 Å². The normalized spacial score (nSPS) is 9.73. The number of halogens is 1. The highest BCUT2D eigenvalue weighted by molar-refractivity contribution is 7.98. The molecule has 1 rings (SSSR count). The van der Waals surface area contributed by atoms with Gasteiger partial charge in [-0.2, -0.15) is 4.98 Å². The molecule has 1 heterocycles. The molecule has 0 spiro atoms. The number of nitrogens with zero attached hydrogens (tertiary/aromatic N) is 3. The summed E-state index contributed by atoms with van der Waals surface area (Å²) in [5, 5.41) is 8.06. The van der Waals surface area contributed by atoms with E-state index in [1.54, 1.807) is 0 Å². The van der Waals surface area contributed by atoms with E-state index in [-0.39, 0.29) is 5.15 Å². The maximum absolute atomic E-state index is 5.58. The third-order valence-electron chi connectivity index (χ3n) is 0.973. The van der Waals surface area contributed by atoms with Crippen molar-refractivity contribution in [2.45, 2.75) is 5.16 Å². The van der Waals surface area contributed by atoms with Gasteiger partial charge in [0.15, 0.2) is 0 Å². The molecular formula is C5H6ClN3OS. The Balaban J connectivity index is 3.02. The summed E-state index contributed by atoms with van der Waals surface area (Å²) in [5.74, 6) is 0.311. The van der Waals surface area contributed by atoms with Gasteiger partial charge in [-0.1, -0.05) is 23.4 Å². The smallest absolute Gasteiger partial charge is 0.256 e. The van der Waals surface area contributed by atoms with Crippen molar-refractivity contribution < 1.29 is 4.74 Å². The molecule has 0 aliphatic rings. The van der Waals surface area contributed by atoms with Crippen molar-refractivity contribution in [2.75, 3.05) is 13.4 Å². The standard InChI is InChI=1S/C5H6ClN3OS/c1-10-4-3(6)8-9-5(7-4)11-2/h1-2H3. The van der Waals surface area contributed by atoms with E-state index in [1.807, 2.05) is 6.26 Å². The molecule has 6 heteroatoms. The Morgan fingerprint density at radius 3 is 2.73 bits per heavy atom. The van der Waals surface area contributed by atoms with Crippen LogP contribution in [0.2, 0.25) is 5.15 Å². The molecule has 0 fully saturated rings. The molecule has 1 aromatic rings. The molecule has 0 N–H and O–H groups in total. The van der Waals surface area contributed by atoms with E-state index in [2.05, 4.69) is 15.2 Å². The second-order valence-corrected chi connectivity index (χ2v) is 2.73. The highest BCUT2D eigenvalue weighted by Gasteiger charge is 2.05. The van der Waals surface area contributed by atoms with Crippen molar-refractivity contribution in [1.82, 2.24) is 15.2 Å². The fourth-order valence-corrected chi connectivity index (χ4v) is 0.955. The minimum Gasteiger partial charge on any atom is -0.479 e. The minimum atomic E-state index is 0.185. The molecule has 0 aromatic carbocycles. The zero-order valence-corrected chi connectivity index (χ0v) is 7.61. The van der Waals surface area contributed by atoms with Gasteiger partial charge in [0.25, 0.3) is 5.88 Å². The van der Waals surface area contributed by atoms with Gasteiger partial charge in [0, 0.05) is 0 Å². The predicted octanol–water partition coefficient (Wildman–Crippen LogP) is 1.26. The summed E-state index contributed by atoms with van der Waals surface area (Å²) in [5.41, 5.74) is 0. The van der Waals surface area contributed by atoms with E-state index in [0.29, 0.717) is 11.0 Å². The molecule has 0 saturated heterocycles. The fraction of sp³-hybridized carbons (Fsp3) is 0.400. The van der Waals surface area contributed by atoms with Gasteiger partial charge in [0.2, 0.25) is 10.3 Å². The first-order valence-corrected chi connectivity index (χ1v) is 4.36. The van der Waals surface area contributed by atoms with Crippen LogP contribution < -0.4 is 4.74 Å². The first-order valence-electron chi connectivity index (χ1n) is 2.76. The summed E-state index contributed by atoms with van der Waals surface area (Å²) in [4.78, 5) is 3.94. The highest BCUT2D eigenvalue weighted by Crippen LogP contribution is 2.19. The third kappa shape index (κ3) is 1.94. The molecule has 0 saturated carbocycles. The molecule has 4 nitrogen and oxygen atoms in total. The first kappa shape index (κ1) is 8.55. The van der Waals surface area contributed by atoms with Crippen LogP contribution in [0.25, 0.3) is 0 Å². The Hall–Kier alpha value is -0.550. The van der Waals surface area contributed by atoms with Gasteiger partial charge in [-0.3, -0.25) is 0 Å². The monoisotopic (exact) mass is 191 g/mol. The predicted molar refractivity (Wildman–Crippen MR) is 43.2 cm³/mol. The van der Waals surface area contributed by atoms with Gasteiger partial charge in [-0.15, -0.1) is 10.2 Å². The molecule has 1 aromatic heterocycles. The number of thioether (sulfide) groups is 1. The van der Waals surface area contributed by atoms with Crippen molar-refractivity contribution in [3.63, 3.8) is 0 Å². The van der Waals surface area contributed by atoms with Crippen LogP contribution in [-0.2, 0) is 0 Å². The maximum Gasteiger partial charge on any atom is 0.256 e. The van der Waals surface area contributed by atoms with Gasteiger partial charge in [-0.05, 0) is 6.26 Å². The number of aromatic nitrogens is 3. The average Bonchev–Trinajstić information content (AvgIpc) is 2.05. The fourth-order valence-electron chi connectivity index (χ4n) is 0.501. The molecule has 0 aliphatic carbocycles. The van der Waals surface area contributed by atoms with Crippen LogP contribution in [0.1, 0.15) is 0 Å². The van der Waals surface area contributed by atoms with Gasteiger partial charge < -0.3 is 4.74 Å². The number of hydrogen-bond acceptors (Lipinski definition) is 5. The van der Waals surface area contributed by atoms with E-state index in [9.17, 15) is 0 Å². The van der Waals surface area contributed by atoms with Crippen molar-refractivity contribution >= 4 is 23.4 Å². The number of methoxy groups -OCH3 is 1. The lowest BCUT2D eigenvalue weighted by molar-refractivity contribution is 0.388. The lowest BCUT2D eigenvalue weighted by Gasteiger charge is -1.99. The van der Waals surface area contributed by atoms with E-state index in [4.69, 9.17) is 16.3 Å². The Kier molecular flexibility index (Phi) is 2.90. The molecular weight excluding hydrogens is 186 g/mol. The lowest BCUT2D eigenvalue weighted by atomic mass is 10.8. The topological polar surface area (TPSA) is 47.9 Å². The highest BCUT2D eigenvalue weighted by atomic mass is 35.5. The van der Waals surface area contributed by atoms with Gasteiger partial charge in [-0.25, -0.2) is 0 Å². The molecule has 0 amide bonds. The van der Waals surface area contributed by atoms with Crippen molar-refractivity contribution in [1.29, 1.82) is 0 Å². The van der Waals surface area contributed by atoms with Crippen LogP contribution in [-0.4, -0.2) is 28.5 Å². The Labute approximate surface area is 73.3 Å². The molecule has 0 bridgehead atoms. The molecule has 60 valence electrons. The van der Waals surface area contributed by atoms with Crippen LogP contribution in [0.5, 0.6) is 5.88 Å². The zero-order valence-electron chi connectivity index (χ0n) is 6.04. The van der Waals surface area contributed by atoms with E-state index in [1.165, 1.54) is 18.9 Å². The van der Waals surface area contributed by atoms with E-state index >= 15 is 0 Å². The summed E-state index contributed by atoms with van der Waals surface area (Å²) in [6, 6.07) is 0. The third-order valence-corrected chi connectivity index (χ3v) is 1.75. The van der Waals surface area contributed by atoms with Crippen molar-refractivity contribution in [3.05, 3.63) is 5.15 Å². The lowest BCUT2D eigenvalue weighted by Crippen LogP contribution is -1.95. The Bertz CT molecular complexity index is 257. The average molecular weight is 192 g/mol. The number of hydrogen-bond donors (Lipinski definition) is 0. The SMILES string of the molecule is COc1nc(SC)nnc1Cl. The van der Waals surface area contributed by atoms with Gasteiger partial charge in [0.05, 0.1) is 7.11 Å². The van der Waals surface area contributed by atoms with Crippen LogP contribution in [0.4, 0.5) is 0 Å². The quantitative estimate of drug-likeness (QED) is 0.659. The second kappa shape index (κ2) is 3.73. The summed E-state index contributed by atoms with van der Waals surface area (Å²) >= 11 is 6.97. The number of rotatable bonds is 2.